The standard InChI is InChI=1S/C20H20ClNO4/c21-15-3-1-2-14(10-15)17-11-18(17)20(25)22-9-8-13-4-6-16(7-5-13)26-12-19(23)24/h1-7,10,17-18H,8-9,11-12H2,(H,22,25)(H,23,24). The Morgan fingerprint density at radius 1 is 1.19 bits per heavy atom. The first-order valence-corrected chi connectivity index (χ1v) is 8.87. The number of carboxylic acids is 1. The number of hydrogen-bond acceptors (Lipinski definition) is 3. The van der Waals surface area contributed by atoms with E-state index in [1.165, 1.54) is 0 Å². The summed E-state index contributed by atoms with van der Waals surface area (Å²) in [5, 5.41) is 12.3. The van der Waals surface area contributed by atoms with Gasteiger partial charge in [-0.15, -0.1) is 0 Å². The predicted octanol–water partition coefficient (Wildman–Crippen LogP) is 3.27. The van der Waals surface area contributed by atoms with E-state index in [2.05, 4.69) is 5.32 Å². The molecule has 5 nitrogen and oxygen atoms in total. The van der Waals surface area contributed by atoms with Crippen molar-refractivity contribution >= 4 is 23.5 Å². The average molecular weight is 374 g/mol. The number of nitrogens with one attached hydrogen (secondary N) is 1. The van der Waals surface area contributed by atoms with Crippen LogP contribution in [0.5, 0.6) is 5.75 Å². The van der Waals surface area contributed by atoms with Crippen molar-refractivity contribution in [1.82, 2.24) is 5.32 Å². The summed E-state index contributed by atoms with van der Waals surface area (Å²) < 4.78 is 5.09. The van der Waals surface area contributed by atoms with Crippen molar-refractivity contribution in [2.24, 2.45) is 5.92 Å². The molecule has 6 heteroatoms. The van der Waals surface area contributed by atoms with E-state index in [4.69, 9.17) is 21.4 Å². The largest absolute Gasteiger partial charge is 0.482 e. The molecule has 0 aliphatic heterocycles. The molecule has 0 aromatic heterocycles. The Hall–Kier alpha value is -2.53. The molecular weight excluding hydrogens is 354 g/mol. The van der Waals surface area contributed by atoms with Crippen molar-refractivity contribution in [3.63, 3.8) is 0 Å². The van der Waals surface area contributed by atoms with Crippen LogP contribution in [0.15, 0.2) is 48.5 Å². The number of aliphatic carboxylic acids is 1. The SMILES string of the molecule is O=C(O)COc1ccc(CCNC(=O)C2CC2c2cccc(Cl)c2)cc1. The second kappa shape index (κ2) is 8.23. The van der Waals surface area contributed by atoms with E-state index >= 15 is 0 Å². The first-order chi connectivity index (χ1) is 12.5. The number of carboxylic acid groups (broad SMARTS) is 1. The zero-order valence-corrected chi connectivity index (χ0v) is 14.9. The highest BCUT2D eigenvalue weighted by Gasteiger charge is 2.43. The summed E-state index contributed by atoms with van der Waals surface area (Å²) in [4.78, 5) is 22.7. The van der Waals surface area contributed by atoms with Gasteiger partial charge in [0.15, 0.2) is 6.61 Å². The van der Waals surface area contributed by atoms with Crippen molar-refractivity contribution < 1.29 is 19.4 Å². The van der Waals surface area contributed by atoms with Gasteiger partial charge in [0.05, 0.1) is 0 Å². The normalized spacial score (nSPS) is 18.2. The molecule has 2 atom stereocenters. The van der Waals surface area contributed by atoms with Crippen LogP contribution in [0.2, 0.25) is 5.02 Å². The summed E-state index contributed by atoms with van der Waals surface area (Å²) in [6.45, 7) is 0.206. The molecule has 1 fully saturated rings. The van der Waals surface area contributed by atoms with Gasteiger partial charge in [-0.25, -0.2) is 4.79 Å². The first-order valence-electron chi connectivity index (χ1n) is 8.49. The third kappa shape index (κ3) is 4.99. The molecule has 2 aromatic carbocycles. The zero-order valence-electron chi connectivity index (χ0n) is 14.2. The number of amides is 1. The Balaban J connectivity index is 1.41. The summed E-state index contributed by atoms with van der Waals surface area (Å²) in [6, 6.07) is 14.9. The number of ether oxygens (including phenoxy) is 1. The van der Waals surface area contributed by atoms with Crippen LogP contribution in [0.4, 0.5) is 0 Å². The minimum atomic E-state index is -1.01. The third-order valence-corrected chi connectivity index (χ3v) is 4.64. The highest BCUT2D eigenvalue weighted by atomic mass is 35.5. The second-order valence-corrected chi connectivity index (χ2v) is 6.81. The van der Waals surface area contributed by atoms with Gasteiger partial charge >= 0.3 is 5.97 Å². The van der Waals surface area contributed by atoms with Crippen LogP contribution in [0.25, 0.3) is 0 Å². The Bertz CT molecular complexity index is 791. The number of hydrogen-bond donors (Lipinski definition) is 2. The minimum Gasteiger partial charge on any atom is -0.482 e. The fourth-order valence-electron chi connectivity index (χ4n) is 2.95. The van der Waals surface area contributed by atoms with Gasteiger partial charge in [0.2, 0.25) is 5.91 Å². The lowest BCUT2D eigenvalue weighted by atomic mass is 10.1. The molecule has 0 spiro atoms. The molecule has 0 heterocycles. The topological polar surface area (TPSA) is 75.6 Å². The van der Waals surface area contributed by atoms with Crippen molar-refractivity contribution in [1.29, 1.82) is 0 Å². The van der Waals surface area contributed by atoms with Crippen molar-refractivity contribution in [3.8, 4) is 5.75 Å². The van der Waals surface area contributed by atoms with Gasteiger partial charge in [0, 0.05) is 17.5 Å². The number of halogens is 1. The molecule has 2 N–H and O–H groups in total. The highest BCUT2D eigenvalue weighted by molar-refractivity contribution is 6.30. The molecule has 2 aromatic rings. The number of carbonyl (C=O) groups is 2. The van der Waals surface area contributed by atoms with Gasteiger partial charge in [-0.05, 0) is 54.2 Å². The lowest BCUT2D eigenvalue weighted by Gasteiger charge is -2.07. The van der Waals surface area contributed by atoms with Crippen LogP contribution in [0.3, 0.4) is 0 Å². The number of carbonyl (C=O) groups excluding carboxylic acids is 1. The molecule has 136 valence electrons. The van der Waals surface area contributed by atoms with Gasteiger partial charge in [-0.1, -0.05) is 35.9 Å². The number of rotatable bonds is 8. The molecule has 3 rings (SSSR count). The summed E-state index contributed by atoms with van der Waals surface area (Å²) in [5.74, 6) is -0.119. The number of benzene rings is 2. The zero-order chi connectivity index (χ0) is 18.5. The Morgan fingerprint density at radius 3 is 2.65 bits per heavy atom. The van der Waals surface area contributed by atoms with Gasteiger partial charge in [-0.2, -0.15) is 0 Å². The van der Waals surface area contributed by atoms with Gasteiger partial charge in [0.25, 0.3) is 0 Å². The molecule has 1 aliphatic rings. The van der Waals surface area contributed by atoms with Gasteiger partial charge < -0.3 is 15.2 Å². The molecule has 1 aliphatic carbocycles. The molecule has 1 saturated carbocycles. The second-order valence-electron chi connectivity index (χ2n) is 6.37. The van der Waals surface area contributed by atoms with Crippen molar-refractivity contribution in [2.75, 3.05) is 13.2 Å². The maximum absolute atomic E-state index is 12.2. The lowest BCUT2D eigenvalue weighted by molar-refractivity contribution is -0.139. The van der Waals surface area contributed by atoms with Crippen LogP contribution >= 0.6 is 11.6 Å². The van der Waals surface area contributed by atoms with Crippen LogP contribution in [-0.2, 0) is 16.0 Å². The van der Waals surface area contributed by atoms with Gasteiger partial charge in [-0.3, -0.25) is 4.79 Å². The maximum Gasteiger partial charge on any atom is 0.341 e. The van der Waals surface area contributed by atoms with E-state index in [1.54, 1.807) is 12.1 Å². The quantitative estimate of drug-likeness (QED) is 0.744. The van der Waals surface area contributed by atoms with Crippen LogP contribution in [0, 0.1) is 5.92 Å². The molecular formula is C20H20ClNO4. The molecule has 1 amide bonds. The average Bonchev–Trinajstić information content (AvgIpc) is 3.42. The maximum atomic E-state index is 12.2. The fourth-order valence-corrected chi connectivity index (χ4v) is 3.15. The molecule has 2 unspecified atom stereocenters. The molecule has 0 bridgehead atoms. The molecule has 26 heavy (non-hydrogen) atoms. The monoisotopic (exact) mass is 373 g/mol. The summed E-state index contributed by atoms with van der Waals surface area (Å²) in [5.41, 5.74) is 2.17. The van der Waals surface area contributed by atoms with E-state index in [0.29, 0.717) is 23.7 Å². The Morgan fingerprint density at radius 2 is 1.96 bits per heavy atom. The molecule has 0 radical (unpaired) electrons. The van der Waals surface area contributed by atoms with Crippen LogP contribution in [0.1, 0.15) is 23.5 Å². The third-order valence-electron chi connectivity index (χ3n) is 4.40. The van der Waals surface area contributed by atoms with Crippen molar-refractivity contribution in [3.05, 3.63) is 64.7 Å². The van der Waals surface area contributed by atoms with Crippen LogP contribution < -0.4 is 10.1 Å². The summed E-state index contributed by atoms with van der Waals surface area (Å²) in [6.07, 6.45) is 1.57. The minimum absolute atomic E-state index is 0.0280. The van der Waals surface area contributed by atoms with E-state index in [0.717, 1.165) is 17.5 Å². The predicted molar refractivity (Wildman–Crippen MR) is 98.6 cm³/mol. The van der Waals surface area contributed by atoms with E-state index < -0.39 is 5.97 Å². The van der Waals surface area contributed by atoms with E-state index in [9.17, 15) is 9.59 Å². The summed E-state index contributed by atoms with van der Waals surface area (Å²) >= 11 is 6.00. The lowest BCUT2D eigenvalue weighted by Crippen LogP contribution is -2.27. The Kier molecular flexibility index (Phi) is 5.78. The fraction of sp³-hybridized carbons (Fsp3) is 0.300. The highest BCUT2D eigenvalue weighted by Crippen LogP contribution is 2.47. The Labute approximate surface area is 156 Å². The molecule has 0 saturated heterocycles. The van der Waals surface area contributed by atoms with E-state index in [1.807, 2.05) is 36.4 Å². The first kappa shape index (κ1) is 18.3. The van der Waals surface area contributed by atoms with Crippen LogP contribution in [-0.4, -0.2) is 30.1 Å². The summed E-state index contributed by atoms with van der Waals surface area (Å²) in [7, 11) is 0. The van der Waals surface area contributed by atoms with E-state index in [-0.39, 0.29) is 24.3 Å². The van der Waals surface area contributed by atoms with Crippen molar-refractivity contribution in [2.45, 2.75) is 18.8 Å². The van der Waals surface area contributed by atoms with Gasteiger partial charge in [0.1, 0.15) is 5.75 Å². The smallest absolute Gasteiger partial charge is 0.341 e.